The highest BCUT2D eigenvalue weighted by Gasteiger charge is 2.24. The van der Waals surface area contributed by atoms with E-state index < -0.39 is 5.97 Å². The maximum absolute atomic E-state index is 12.6. The van der Waals surface area contributed by atoms with Crippen molar-refractivity contribution in [3.05, 3.63) is 47.5 Å². The number of nitrogens with zero attached hydrogens (tertiary/aromatic N) is 3. The standard InChI is InChI=1S/C21H29N5O3/c1-14(2)20-24-18-10-8-17(13-26(18)25-20)23-21(29)22-16(9-11-19(27)28)12-15-6-4-3-5-7-15/h3-7,14,16-17H,8-13H2,1-2H3,(H,27,28)(H2,22,23,29). The van der Waals surface area contributed by atoms with E-state index in [0.29, 0.717) is 19.4 Å². The number of carboxylic acid groups (broad SMARTS) is 1. The quantitative estimate of drug-likeness (QED) is 0.632. The molecular weight excluding hydrogens is 370 g/mol. The molecule has 1 aliphatic rings. The Hall–Kier alpha value is -2.90. The van der Waals surface area contributed by atoms with E-state index in [0.717, 1.165) is 30.1 Å². The van der Waals surface area contributed by atoms with Crippen molar-refractivity contribution in [2.45, 2.75) is 70.5 Å². The van der Waals surface area contributed by atoms with E-state index in [9.17, 15) is 9.59 Å². The predicted octanol–water partition coefficient (Wildman–Crippen LogP) is 2.49. The smallest absolute Gasteiger partial charge is 0.315 e. The molecule has 1 aliphatic heterocycles. The number of nitrogens with one attached hydrogen (secondary N) is 2. The zero-order valence-corrected chi connectivity index (χ0v) is 17.0. The maximum Gasteiger partial charge on any atom is 0.315 e. The zero-order valence-electron chi connectivity index (χ0n) is 17.0. The fourth-order valence-electron chi connectivity index (χ4n) is 3.52. The normalized spacial score (nSPS) is 16.9. The van der Waals surface area contributed by atoms with Crippen LogP contribution in [0.3, 0.4) is 0 Å². The minimum absolute atomic E-state index is 0.0154. The molecule has 2 heterocycles. The molecule has 3 N–H and O–H groups in total. The second kappa shape index (κ2) is 9.54. The first-order valence-corrected chi connectivity index (χ1v) is 10.2. The predicted molar refractivity (Wildman–Crippen MR) is 109 cm³/mol. The summed E-state index contributed by atoms with van der Waals surface area (Å²) in [6.07, 6.45) is 2.57. The molecule has 3 rings (SSSR count). The number of amides is 2. The van der Waals surface area contributed by atoms with Gasteiger partial charge in [-0.15, -0.1) is 0 Å². The van der Waals surface area contributed by atoms with Crippen LogP contribution in [0.5, 0.6) is 0 Å². The Morgan fingerprint density at radius 3 is 2.72 bits per heavy atom. The van der Waals surface area contributed by atoms with Crippen molar-refractivity contribution in [1.29, 1.82) is 0 Å². The first-order valence-electron chi connectivity index (χ1n) is 10.2. The van der Waals surface area contributed by atoms with Crippen molar-refractivity contribution in [3.8, 4) is 0 Å². The topological polar surface area (TPSA) is 109 Å². The molecule has 2 unspecified atom stereocenters. The number of aromatic nitrogens is 3. The summed E-state index contributed by atoms with van der Waals surface area (Å²) in [4.78, 5) is 28.1. The summed E-state index contributed by atoms with van der Waals surface area (Å²) < 4.78 is 1.88. The molecule has 0 radical (unpaired) electrons. The van der Waals surface area contributed by atoms with E-state index in [1.807, 2.05) is 35.0 Å². The Labute approximate surface area is 170 Å². The first-order chi connectivity index (χ1) is 13.9. The largest absolute Gasteiger partial charge is 0.481 e. The van der Waals surface area contributed by atoms with Crippen LogP contribution in [0.25, 0.3) is 0 Å². The van der Waals surface area contributed by atoms with Crippen molar-refractivity contribution >= 4 is 12.0 Å². The number of fused-ring (bicyclic) bond motifs is 1. The van der Waals surface area contributed by atoms with Crippen molar-refractivity contribution in [1.82, 2.24) is 25.4 Å². The number of aliphatic carboxylic acids is 1. The number of aryl methyl sites for hydroxylation is 1. The van der Waals surface area contributed by atoms with Gasteiger partial charge in [-0.25, -0.2) is 14.5 Å². The van der Waals surface area contributed by atoms with E-state index in [-0.39, 0.29) is 30.5 Å². The average molecular weight is 399 g/mol. The van der Waals surface area contributed by atoms with Crippen LogP contribution in [-0.4, -0.2) is 44.0 Å². The second-order valence-electron chi connectivity index (χ2n) is 7.90. The third-order valence-corrected chi connectivity index (χ3v) is 5.09. The van der Waals surface area contributed by atoms with Gasteiger partial charge in [0.05, 0.1) is 12.6 Å². The molecule has 1 aromatic heterocycles. The Balaban J connectivity index is 1.56. The highest BCUT2D eigenvalue weighted by molar-refractivity contribution is 5.74. The van der Waals surface area contributed by atoms with Gasteiger partial charge >= 0.3 is 12.0 Å². The molecular formula is C21H29N5O3. The average Bonchev–Trinajstić information content (AvgIpc) is 3.10. The van der Waals surface area contributed by atoms with Gasteiger partial charge in [0.15, 0.2) is 5.82 Å². The molecule has 2 aromatic rings. The Morgan fingerprint density at radius 2 is 2.03 bits per heavy atom. The lowest BCUT2D eigenvalue weighted by molar-refractivity contribution is -0.137. The molecule has 2 atom stereocenters. The summed E-state index contributed by atoms with van der Waals surface area (Å²) in [7, 11) is 0. The third-order valence-electron chi connectivity index (χ3n) is 5.09. The van der Waals surface area contributed by atoms with Crippen molar-refractivity contribution in [2.75, 3.05) is 0 Å². The lowest BCUT2D eigenvalue weighted by Crippen LogP contribution is -2.49. The minimum atomic E-state index is -0.864. The number of urea groups is 1. The lowest BCUT2D eigenvalue weighted by atomic mass is 10.0. The van der Waals surface area contributed by atoms with E-state index in [4.69, 9.17) is 5.11 Å². The van der Waals surface area contributed by atoms with Gasteiger partial charge in [-0.2, -0.15) is 5.10 Å². The number of carbonyl (C=O) groups is 2. The molecule has 29 heavy (non-hydrogen) atoms. The number of carbonyl (C=O) groups excluding carboxylic acids is 1. The van der Waals surface area contributed by atoms with E-state index in [1.165, 1.54) is 0 Å². The molecule has 0 fully saturated rings. The van der Waals surface area contributed by atoms with Gasteiger partial charge in [-0.1, -0.05) is 44.2 Å². The van der Waals surface area contributed by atoms with E-state index in [2.05, 4.69) is 34.6 Å². The van der Waals surface area contributed by atoms with Gasteiger partial charge in [0.1, 0.15) is 5.82 Å². The van der Waals surface area contributed by atoms with Gasteiger partial charge < -0.3 is 15.7 Å². The van der Waals surface area contributed by atoms with Crippen LogP contribution in [0.2, 0.25) is 0 Å². The minimum Gasteiger partial charge on any atom is -0.481 e. The second-order valence-corrected chi connectivity index (χ2v) is 7.90. The Bertz CT molecular complexity index is 834. The molecule has 2 amide bonds. The van der Waals surface area contributed by atoms with E-state index >= 15 is 0 Å². The first kappa shape index (κ1) is 20.8. The van der Waals surface area contributed by atoms with E-state index in [1.54, 1.807) is 0 Å². The number of benzene rings is 1. The fraction of sp³-hybridized carbons (Fsp3) is 0.524. The number of rotatable bonds is 8. The Morgan fingerprint density at radius 1 is 1.28 bits per heavy atom. The lowest BCUT2D eigenvalue weighted by Gasteiger charge is -2.25. The van der Waals surface area contributed by atoms with Gasteiger partial charge in [0.2, 0.25) is 0 Å². The van der Waals surface area contributed by atoms with Gasteiger partial charge in [-0.3, -0.25) is 4.79 Å². The molecule has 0 saturated carbocycles. The highest BCUT2D eigenvalue weighted by atomic mass is 16.4. The maximum atomic E-state index is 12.6. The van der Waals surface area contributed by atoms with Crippen molar-refractivity contribution in [2.24, 2.45) is 0 Å². The summed E-state index contributed by atoms with van der Waals surface area (Å²) in [6.45, 7) is 4.73. The molecule has 0 saturated heterocycles. The van der Waals surface area contributed by atoms with Crippen LogP contribution in [0, 0.1) is 0 Å². The van der Waals surface area contributed by atoms with Gasteiger partial charge in [0, 0.05) is 24.8 Å². The Kier molecular flexibility index (Phi) is 6.85. The number of hydrogen-bond acceptors (Lipinski definition) is 4. The molecule has 8 heteroatoms. The number of carboxylic acids is 1. The molecule has 1 aromatic carbocycles. The summed E-state index contributed by atoms with van der Waals surface area (Å²) in [5.74, 6) is 1.21. The SMILES string of the molecule is CC(C)c1nc2n(n1)CC(NC(=O)NC(CCC(=O)O)Cc1ccccc1)CC2. The monoisotopic (exact) mass is 399 g/mol. The summed E-state index contributed by atoms with van der Waals surface area (Å²) in [5, 5.41) is 19.5. The zero-order chi connectivity index (χ0) is 20.8. The van der Waals surface area contributed by atoms with Crippen LogP contribution < -0.4 is 10.6 Å². The molecule has 0 aliphatic carbocycles. The number of hydrogen-bond donors (Lipinski definition) is 3. The highest BCUT2D eigenvalue weighted by Crippen LogP contribution is 2.17. The van der Waals surface area contributed by atoms with Crippen molar-refractivity contribution < 1.29 is 14.7 Å². The molecule has 0 bridgehead atoms. The van der Waals surface area contributed by atoms with Crippen LogP contribution in [0.15, 0.2) is 30.3 Å². The van der Waals surface area contributed by atoms with Crippen molar-refractivity contribution in [3.63, 3.8) is 0 Å². The van der Waals surface area contributed by atoms with Crippen LogP contribution in [-0.2, 0) is 24.2 Å². The van der Waals surface area contributed by atoms with Crippen LogP contribution in [0.4, 0.5) is 4.79 Å². The molecule has 8 nitrogen and oxygen atoms in total. The van der Waals surface area contributed by atoms with Gasteiger partial charge in [-0.05, 0) is 24.8 Å². The van der Waals surface area contributed by atoms with Crippen LogP contribution >= 0.6 is 0 Å². The summed E-state index contributed by atoms with van der Waals surface area (Å²) in [5.41, 5.74) is 1.06. The fourth-order valence-corrected chi connectivity index (χ4v) is 3.52. The van der Waals surface area contributed by atoms with Crippen LogP contribution in [0.1, 0.15) is 56.2 Å². The summed E-state index contributed by atoms with van der Waals surface area (Å²) in [6, 6.07) is 9.23. The summed E-state index contributed by atoms with van der Waals surface area (Å²) >= 11 is 0. The molecule has 0 spiro atoms. The van der Waals surface area contributed by atoms with Gasteiger partial charge in [0.25, 0.3) is 0 Å². The third kappa shape index (κ3) is 6.04. The molecule has 156 valence electrons.